The van der Waals surface area contributed by atoms with Gasteiger partial charge in [-0.3, -0.25) is 9.59 Å². The minimum atomic E-state index is -0.146. The van der Waals surface area contributed by atoms with Crippen LogP contribution in [0, 0.1) is 0 Å². The van der Waals surface area contributed by atoms with E-state index in [1.54, 1.807) is 29.3 Å². The molecule has 1 N–H and O–H groups in total. The van der Waals surface area contributed by atoms with Crippen molar-refractivity contribution in [2.24, 2.45) is 0 Å². The van der Waals surface area contributed by atoms with Gasteiger partial charge in [0.1, 0.15) is 5.03 Å². The quantitative estimate of drug-likeness (QED) is 0.728. The van der Waals surface area contributed by atoms with E-state index >= 15 is 0 Å². The van der Waals surface area contributed by atoms with Crippen molar-refractivity contribution in [1.29, 1.82) is 0 Å². The first-order chi connectivity index (χ1) is 13.7. The number of benzene rings is 2. The smallest absolute Gasteiger partial charge is 0.261 e. The van der Waals surface area contributed by atoms with E-state index in [9.17, 15) is 9.59 Å². The van der Waals surface area contributed by atoms with Gasteiger partial charge in [0.05, 0.1) is 11.3 Å². The van der Waals surface area contributed by atoms with Gasteiger partial charge in [0.25, 0.3) is 11.8 Å². The molecule has 0 unspecified atom stereocenters. The number of anilines is 1. The van der Waals surface area contributed by atoms with Gasteiger partial charge in [-0.1, -0.05) is 42.1 Å². The first kappa shape index (κ1) is 18.3. The Hall–Kier alpha value is -3.12. The van der Waals surface area contributed by atoms with Gasteiger partial charge in [0.2, 0.25) is 0 Å². The second kappa shape index (κ2) is 7.86. The number of hydrogen-bond acceptors (Lipinski definition) is 4. The Bertz CT molecular complexity index is 1040. The molecule has 1 aromatic heterocycles. The average Bonchev–Trinajstić information content (AvgIpc) is 2.86. The van der Waals surface area contributed by atoms with Crippen LogP contribution in [0.25, 0.3) is 0 Å². The molecule has 2 heterocycles. The molecule has 0 spiro atoms. The largest absolute Gasteiger partial charge is 0.348 e. The molecular weight excluding hydrogens is 370 g/mol. The third-order valence-corrected chi connectivity index (χ3v) is 5.64. The van der Waals surface area contributed by atoms with Crippen LogP contribution in [0.5, 0.6) is 0 Å². The minimum Gasteiger partial charge on any atom is -0.348 e. The van der Waals surface area contributed by atoms with Crippen molar-refractivity contribution in [2.45, 2.75) is 23.4 Å². The lowest BCUT2D eigenvalue weighted by molar-refractivity contribution is 0.0949. The van der Waals surface area contributed by atoms with Gasteiger partial charge in [-0.15, -0.1) is 0 Å². The summed E-state index contributed by atoms with van der Waals surface area (Å²) in [4.78, 5) is 32.5. The van der Waals surface area contributed by atoms with Crippen LogP contribution in [0.4, 0.5) is 5.69 Å². The van der Waals surface area contributed by atoms with E-state index in [0.29, 0.717) is 29.2 Å². The molecule has 0 atom stereocenters. The number of fused-ring (bicyclic) bond motifs is 2. The molecule has 2 amide bonds. The second-order valence-corrected chi connectivity index (χ2v) is 7.39. The van der Waals surface area contributed by atoms with Gasteiger partial charge in [-0.05, 0) is 42.8 Å². The zero-order chi connectivity index (χ0) is 19.5. The van der Waals surface area contributed by atoms with Crippen LogP contribution < -0.4 is 10.2 Å². The fourth-order valence-electron chi connectivity index (χ4n) is 3.15. The van der Waals surface area contributed by atoms with Crippen molar-refractivity contribution >= 4 is 29.3 Å². The van der Waals surface area contributed by atoms with Crippen LogP contribution in [0.1, 0.15) is 33.2 Å². The number of carbonyl (C=O) groups is 2. The van der Waals surface area contributed by atoms with Crippen LogP contribution >= 0.6 is 11.8 Å². The van der Waals surface area contributed by atoms with Gasteiger partial charge >= 0.3 is 0 Å². The first-order valence-corrected chi connectivity index (χ1v) is 9.90. The Morgan fingerprint density at radius 1 is 1.11 bits per heavy atom. The molecule has 2 aromatic carbocycles. The molecule has 0 aliphatic carbocycles. The highest BCUT2D eigenvalue weighted by Gasteiger charge is 2.27. The summed E-state index contributed by atoms with van der Waals surface area (Å²) in [7, 11) is 0. The summed E-state index contributed by atoms with van der Waals surface area (Å²) in [6.45, 7) is 2.95. The van der Waals surface area contributed by atoms with Gasteiger partial charge < -0.3 is 10.2 Å². The van der Waals surface area contributed by atoms with Crippen molar-refractivity contribution < 1.29 is 9.59 Å². The number of nitrogens with zero attached hydrogens (tertiary/aromatic N) is 2. The Balaban J connectivity index is 1.63. The van der Waals surface area contributed by atoms with Crippen LogP contribution in [0.15, 0.2) is 76.8 Å². The van der Waals surface area contributed by atoms with E-state index in [2.05, 4.69) is 10.3 Å². The SMILES string of the molecule is CCN1C(=O)c2cccnc2Sc2cc(C(=O)NCc3ccccc3)ccc21. The van der Waals surface area contributed by atoms with Crippen LogP contribution in [0.2, 0.25) is 0 Å². The predicted octanol–water partition coefficient (Wildman–Crippen LogP) is 4.14. The number of amides is 2. The van der Waals surface area contributed by atoms with E-state index in [1.165, 1.54) is 11.8 Å². The third-order valence-electron chi connectivity index (χ3n) is 4.58. The summed E-state index contributed by atoms with van der Waals surface area (Å²) >= 11 is 1.42. The Morgan fingerprint density at radius 3 is 2.71 bits per heavy atom. The molecule has 3 aromatic rings. The normalized spacial score (nSPS) is 12.8. The molecule has 0 saturated carbocycles. The Kier molecular flexibility index (Phi) is 5.12. The summed E-state index contributed by atoms with van der Waals surface area (Å²) in [6, 6.07) is 18.8. The lowest BCUT2D eigenvalue weighted by atomic mass is 10.1. The molecule has 0 saturated heterocycles. The lowest BCUT2D eigenvalue weighted by Gasteiger charge is -2.21. The number of rotatable bonds is 4. The topological polar surface area (TPSA) is 62.3 Å². The molecular formula is C22H19N3O2S. The number of hydrogen-bond donors (Lipinski definition) is 1. The number of aromatic nitrogens is 1. The molecule has 5 nitrogen and oxygen atoms in total. The van der Waals surface area contributed by atoms with Crippen LogP contribution in [-0.4, -0.2) is 23.3 Å². The van der Waals surface area contributed by atoms with Crippen LogP contribution in [-0.2, 0) is 6.54 Å². The number of nitrogens with one attached hydrogen (secondary N) is 1. The third kappa shape index (κ3) is 3.51. The van der Waals surface area contributed by atoms with Gasteiger partial charge in [0.15, 0.2) is 0 Å². The summed E-state index contributed by atoms with van der Waals surface area (Å²) in [6.07, 6.45) is 1.68. The van der Waals surface area contributed by atoms with E-state index in [4.69, 9.17) is 0 Å². The van der Waals surface area contributed by atoms with Crippen molar-refractivity contribution in [3.8, 4) is 0 Å². The van der Waals surface area contributed by atoms with Crippen molar-refractivity contribution in [2.75, 3.05) is 11.4 Å². The van der Waals surface area contributed by atoms with E-state index < -0.39 is 0 Å². The summed E-state index contributed by atoms with van der Waals surface area (Å²) < 4.78 is 0. The zero-order valence-corrected chi connectivity index (χ0v) is 16.2. The molecule has 1 aliphatic heterocycles. The highest BCUT2D eigenvalue weighted by atomic mass is 32.2. The summed E-state index contributed by atoms with van der Waals surface area (Å²) in [5.74, 6) is -0.217. The molecule has 0 radical (unpaired) electrons. The van der Waals surface area contributed by atoms with Crippen molar-refractivity contribution in [1.82, 2.24) is 10.3 Å². The first-order valence-electron chi connectivity index (χ1n) is 9.08. The van der Waals surface area contributed by atoms with Crippen molar-refractivity contribution in [3.63, 3.8) is 0 Å². The van der Waals surface area contributed by atoms with E-state index in [0.717, 1.165) is 16.1 Å². The monoisotopic (exact) mass is 389 g/mol. The maximum absolute atomic E-state index is 12.9. The molecule has 4 rings (SSSR count). The Morgan fingerprint density at radius 2 is 1.93 bits per heavy atom. The highest BCUT2D eigenvalue weighted by molar-refractivity contribution is 7.99. The van der Waals surface area contributed by atoms with E-state index in [1.807, 2.05) is 49.4 Å². The summed E-state index contributed by atoms with van der Waals surface area (Å²) in [5, 5.41) is 3.61. The molecule has 6 heteroatoms. The zero-order valence-electron chi connectivity index (χ0n) is 15.4. The average molecular weight is 389 g/mol. The van der Waals surface area contributed by atoms with Crippen LogP contribution in [0.3, 0.4) is 0 Å². The molecule has 140 valence electrons. The van der Waals surface area contributed by atoms with Crippen molar-refractivity contribution in [3.05, 3.63) is 83.6 Å². The molecule has 0 fully saturated rings. The second-order valence-electron chi connectivity index (χ2n) is 6.36. The van der Waals surface area contributed by atoms with Gasteiger partial charge in [-0.25, -0.2) is 4.98 Å². The van der Waals surface area contributed by atoms with E-state index in [-0.39, 0.29) is 11.8 Å². The number of carbonyl (C=O) groups excluding carboxylic acids is 2. The lowest BCUT2D eigenvalue weighted by Crippen LogP contribution is -2.30. The standard InChI is InChI=1S/C22H19N3O2S/c1-2-25-18-11-10-16(20(26)24-14-15-7-4-3-5-8-15)13-19(18)28-21-17(22(25)27)9-6-12-23-21/h3-13H,2,14H2,1H3,(H,24,26). The highest BCUT2D eigenvalue weighted by Crippen LogP contribution is 2.40. The minimum absolute atomic E-state index is 0.0712. The maximum atomic E-state index is 12.9. The van der Waals surface area contributed by atoms with Gasteiger partial charge in [0, 0.05) is 29.7 Å². The fourth-order valence-corrected chi connectivity index (χ4v) is 4.20. The molecule has 28 heavy (non-hydrogen) atoms. The fraction of sp³-hybridized carbons (Fsp3) is 0.136. The predicted molar refractivity (Wildman–Crippen MR) is 110 cm³/mol. The Labute approximate surface area is 167 Å². The maximum Gasteiger partial charge on any atom is 0.261 e. The van der Waals surface area contributed by atoms with Gasteiger partial charge in [-0.2, -0.15) is 0 Å². The summed E-state index contributed by atoms with van der Waals surface area (Å²) in [5.41, 5.74) is 2.99. The molecule has 0 bridgehead atoms. The molecule has 1 aliphatic rings. The number of pyridine rings is 1.